The van der Waals surface area contributed by atoms with Crippen molar-refractivity contribution in [1.82, 2.24) is 19.7 Å². The normalized spacial score (nSPS) is 14.5. The van der Waals surface area contributed by atoms with Gasteiger partial charge in [-0.15, -0.1) is 5.10 Å². The van der Waals surface area contributed by atoms with Gasteiger partial charge in [0.15, 0.2) is 6.61 Å². The maximum atomic E-state index is 11.8. The van der Waals surface area contributed by atoms with Crippen molar-refractivity contribution >= 4 is 5.91 Å². The number of hydrogen-bond donors (Lipinski definition) is 0. The molecule has 6 nitrogen and oxygen atoms in total. The van der Waals surface area contributed by atoms with E-state index in [4.69, 9.17) is 4.74 Å². The maximum Gasteiger partial charge on any atom is 0.336 e. The summed E-state index contributed by atoms with van der Waals surface area (Å²) in [6, 6.07) is 9.86. The third kappa shape index (κ3) is 2.79. The van der Waals surface area contributed by atoms with E-state index in [-0.39, 0.29) is 18.5 Å². The zero-order chi connectivity index (χ0) is 13.8. The van der Waals surface area contributed by atoms with E-state index in [0.717, 1.165) is 31.6 Å². The Balaban J connectivity index is 1.59. The smallest absolute Gasteiger partial charge is 0.336 e. The van der Waals surface area contributed by atoms with Crippen LogP contribution >= 0.6 is 0 Å². The molecular weight excluding hydrogens is 256 g/mol. The second-order valence-electron chi connectivity index (χ2n) is 4.68. The summed E-state index contributed by atoms with van der Waals surface area (Å²) < 4.78 is 6.97. The molecule has 0 spiro atoms. The molecule has 0 bridgehead atoms. The van der Waals surface area contributed by atoms with Crippen LogP contribution in [0.3, 0.4) is 0 Å². The molecule has 0 atom stereocenters. The Kier molecular flexibility index (Phi) is 3.62. The van der Waals surface area contributed by atoms with Gasteiger partial charge in [0, 0.05) is 13.1 Å². The Morgan fingerprint density at radius 2 is 1.95 bits per heavy atom. The van der Waals surface area contributed by atoms with E-state index in [0.29, 0.717) is 0 Å². The molecule has 104 valence electrons. The highest BCUT2D eigenvalue weighted by Crippen LogP contribution is 2.10. The van der Waals surface area contributed by atoms with E-state index in [2.05, 4.69) is 10.1 Å². The van der Waals surface area contributed by atoms with Gasteiger partial charge in [0.25, 0.3) is 5.91 Å². The van der Waals surface area contributed by atoms with E-state index in [1.807, 2.05) is 35.2 Å². The molecule has 1 saturated heterocycles. The largest absolute Gasteiger partial charge is 0.452 e. The third-order valence-corrected chi connectivity index (χ3v) is 3.28. The van der Waals surface area contributed by atoms with Gasteiger partial charge in [-0.05, 0) is 25.0 Å². The van der Waals surface area contributed by atoms with Crippen molar-refractivity contribution in [2.75, 3.05) is 19.7 Å². The standard InChI is InChI=1S/C14H16N4O2/c19-13(17-8-4-5-9-17)10-20-14-15-11-18(16-14)12-6-2-1-3-7-12/h1-3,6-7,11H,4-5,8-10H2. The Bertz CT molecular complexity index is 576. The van der Waals surface area contributed by atoms with Crippen LogP contribution in [0.4, 0.5) is 0 Å². The lowest BCUT2D eigenvalue weighted by molar-refractivity contribution is -0.132. The Morgan fingerprint density at radius 1 is 1.20 bits per heavy atom. The zero-order valence-corrected chi connectivity index (χ0v) is 11.1. The Morgan fingerprint density at radius 3 is 2.70 bits per heavy atom. The predicted octanol–water partition coefficient (Wildman–Crippen LogP) is 1.27. The molecule has 0 radical (unpaired) electrons. The lowest BCUT2D eigenvalue weighted by Gasteiger charge is -2.14. The first-order valence-corrected chi connectivity index (χ1v) is 6.70. The van der Waals surface area contributed by atoms with Gasteiger partial charge in [-0.1, -0.05) is 18.2 Å². The molecule has 1 aromatic heterocycles. The van der Waals surface area contributed by atoms with Crippen molar-refractivity contribution < 1.29 is 9.53 Å². The summed E-state index contributed by atoms with van der Waals surface area (Å²) in [7, 11) is 0. The summed E-state index contributed by atoms with van der Waals surface area (Å²) in [4.78, 5) is 17.7. The van der Waals surface area contributed by atoms with E-state index in [1.165, 1.54) is 0 Å². The molecule has 2 aromatic rings. The summed E-state index contributed by atoms with van der Waals surface area (Å²) in [5.41, 5.74) is 0.903. The first-order chi connectivity index (χ1) is 9.83. The van der Waals surface area contributed by atoms with Crippen LogP contribution in [0.1, 0.15) is 12.8 Å². The summed E-state index contributed by atoms with van der Waals surface area (Å²) in [5.74, 6) is -0.00133. The number of carbonyl (C=O) groups excluding carboxylic acids is 1. The van der Waals surface area contributed by atoms with Gasteiger partial charge >= 0.3 is 6.01 Å². The van der Waals surface area contributed by atoms with Gasteiger partial charge in [0.1, 0.15) is 6.33 Å². The monoisotopic (exact) mass is 272 g/mol. The molecule has 1 aromatic carbocycles. The molecule has 1 aliphatic rings. The lowest BCUT2D eigenvalue weighted by atomic mass is 10.3. The van der Waals surface area contributed by atoms with Crippen LogP contribution in [0.2, 0.25) is 0 Å². The first-order valence-electron chi connectivity index (χ1n) is 6.70. The van der Waals surface area contributed by atoms with Gasteiger partial charge in [-0.3, -0.25) is 4.79 Å². The molecule has 2 heterocycles. The van der Waals surface area contributed by atoms with Crippen LogP contribution in [0.25, 0.3) is 5.69 Å². The fraction of sp³-hybridized carbons (Fsp3) is 0.357. The number of para-hydroxylation sites is 1. The number of aromatic nitrogens is 3. The predicted molar refractivity (Wildman–Crippen MR) is 72.7 cm³/mol. The summed E-state index contributed by atoms with van der Waals surface area (Å²) in [6.45, 7) is 1.65. The van der Waals surface area contributed by atoms with Crippen LogP contribution < -0.4 is 4.74 Å². The van der Waals surface area contributed by atoms with E-state index >= 15 is 0 Å². The summed E-state index contributed by atoms with van der Waals surface area (Å²) in [6.07, 6.45) is 3.73. The highest BCUT2D eigenvalue weighted by Gasteiger charge is 2.18. The summed E-state index contributed by atoms with van der Waals surface area (Å²) in [5, 5.41) is 4.19. The molecule has 1 fully saturated rings. The number of hydrogen-bond acceptors (Lipinski definition) is 4. The van der Waals surface area contributed by atoms with Crippen molar-refractivity contribution in [2.24, 2.45) is 0 Å². The fourth-order valence-corrected chi connectivity index (χ4v) is 2.20. The first kappa shape index (κ1) is 12.7. The average molecular weight is 272 g/mol. The molecule has 0 aliphatic carbocycles. The van der Waals surface area contributed by atoms with Crippen molar-refractivity contribution in [2.45, 2.75) is 12.8 Å². The summed E-state index contributed by atoms with van der Waals surface area (Å²) >= 11 is 0. The van der Waals surface area contributed by atoms with Crippen molar-refractivity contribution in [3.63, 3.8) is 0 Å². The van der Waals surface area contributed by atoms with Crippen LogP contribution in [-0.4, -0.2) is 45.3 Å². The highest BCUT2D eigenvalue weighted by molar-refractivity contribution is 5.77. The molecule has 0 saturated carbocycles. The van der Waals surface area contributed by atoms with Crippen LogP contribution in [0.15, 0.2) is 36.7 Å². The van der Waals surface area contributed by atoms with Crippen LogP contribution in [0, 0.1) is 0 Å². The van der Waals surface area contributed by atoms with Gasteiger partial charge in [0.2, 0.25) is 0 Å². The molecular formula is C14H16N4O2. The minimum atomic E-state index is -0.00133. The van der Waals surface area contributed by atoms with Crippen molar-refractivity contribution in [1.29, 1.82) is 0 Å². The number of carbonyl (C=O) groups is 1. The number of nitrogens with zero attached hydrogens (tertiary/aromatic N) is 4. The zero-order valence-electron chi connectivity index (χ0n) is 11.1. The van der Waals surface area contributed by atoms with E-state index < -0.39 is 0 Å². The number of rotatable bonds is 4. The highest BCUT2D eigenvalue weighted by atomic mass is 16.5. The Hall–Kier alpha value is -2.37. The van der Waals surface area contributed by atoms with Gasteiger partial charge in [-0.25, -0.2) is 4.68 Å². The molecule has 0 unspecified atom stereocenters. The van der Waals surface area contributed by atoms with E-state index in [9.17, 15) is 4.79 Å². The fourth-order valence-electron chi connectivity index (χ4n) is 2.20. The number of likely N-dealkylation sites (tertiary alicyclic amines) is 1. The molecule has 1 amide bonds. The second kappa shape index (κ2) is 5.73. The molecule has 6 heteroatoms. The van der Waals surface area contributed by atoms with Gasteiger partial charge in [-0.2, -0.15) is 4.98 Å². The van der Waals surface area contributed by atoms with E-state index in [1.54, 1.807) is 11.0 Å². The average Bonchev–Trinajstić information content (AvgIpc) is 3.17. The number of amides is 1. The lowest BCUT2D eigenvalue weighted by Crippen LogP contribution is -2.32. The minimum Gasteiger partial charge on any atom is -0.452 e. The van der Waals surface area contributed by atoms with Crippen molar-refractivity contribution in [3.8, 4) is 11.7 Å². The number of ether oxygens (including phenoxy) is 1. The van der Waals surface area contributed by atoms with Crippen LogP contribution in [0.5, 0.6) is 6.01 Å². The number of benzene rings is 1. The quantitative estimate of drug-likeness (QED) is 0.841. The molecule has 1 aliphatic heterocycles. The minimum absolute atomic E-state index is 0.00119. The topological polar surface area (TPSA) is 60.2 Å². The SMILES string of the molecule is O=C(COc1ncn(-c2ccccc2)n1)N1CCCC1. The maximum absolute atomic E-state index is 11.8. The van der Waals surface area contributed by atoms with Crippen molar-refractivity contribution in [3.05, 3.63) is 36.7 Å². The van der Waals surface area contributed by atoms with Crippen LogP contribution in [-0.2, 0) is 4.79 Å². The van der Waals surface area contributed by atoms with Gasteiger partial charge in [0.05, 0.1) is 5.69 Å². The molecule has 3 rings (SSSR count). The third-order valence-electron chi connectivity index (χ3n) is 3.28. The van der Waals surface area contributed by atoms with Gasteiger partial charge < -0.3 is 9.64 Å². The second-order valence-corrected chi connectivity index (χ2v) is 4.68. The Labute approximate surface area is 117 Å². The molecule has 0 N–H and O–H groups in total. The molecule has 20 heavy (non-hydrogen) atoms.